The number of benzene rings is 1. The van der Waals surface area contributed by atoms with Crippen LogP contribution in [0.25, 0.3) is 0 Å². The Morgan fingerprint density at radius 3 is 2.58 bits per heavy atom. The number of carbonyl (C=O) groups is 1. The lowest BCUT2D eigenvalue weighted by Crippen LogP contribution is -2.18. The lowest BCUT2D eigenvalue weighted by Gasteiger charge is -2.15. The Balaban J connectivity index is 2.34. The molecule has 0 bridgehead atoms. The first-order valence-corrected chi connectivity index (χ1v) is 7.08. The van der Waals surface area contributed by atoms with Crippen LogP contribution in [0.15, 0.2) is 16.6 Å². The monoisotopic (exact) mass is 327 g/mol. The van der Waals surface area contributed by atoms with Crippen LogP contribution in [-0.2, 0) is 0 Å². The third-order valence-corrected chi connectivity index (χ3v) is 4.35. The minimum atomic E-state index is 0.00388. The van der Waals surface area contributed by atoms with Gasteiger partial charge < -0.3 is 15.2 Å². The number of carbonyl (C=O) groups excluding carboxylic acids is 1. The predicted octanol–water partition coefficient (Wildman–Crippen LogP) is 2.78. The first-order chi connectivity index (χ1) is 9.08. The van der Waals surface area contributed by atoms with Crippen LogP contribution < -0.4 is 15.2 Å². The number of methoxy groups -OCH3 is 2. The number of nitrogens with two attached hydrogens (primary N) is 1. The fourth-order valence-corrected chi connectivity index (χ4v) is 3.23. The molecule has 1 aliphatic rings. The molecule has 4 nitrogen and oxygen atoms in total. The van der Waals surface area contributed by atoms with Crippen molar-refractivity contribution >= 4 is 21.7 Å². The minimum Gasteiger partial charge on any atom is -0.495 e. The van der Waals surface area contributed by atoms with Crippen molar-refractivity contribution in [1.82, 2.24) is 0 Å². The quantitative estimate of drug-likeness (QED) is 0.864. The Morgan fingerprint density at radius 2 is 2.05 bits per heavy atom. The highest BCUT2D eigenvalue weighted by Gasteiger charge is 2.31. The van der Waals surface area contributed by atoms with Gasteiger partial charge >= 0.3 is 0 Å². The summed E-state index contributed by atoms with van der Waals surface area (Å²) in [5, 5.41) is 0. The summed E-state index contributed by atoms with van der Waals surface area (Å²) >= 11 is 3.41. The average molecular weight is 328 g/mol. The highest BCUT2D eigenvalue weighted by molar-refractivity contribution is 9.10. The first kappa shape index (κ1) is 14.3. The Kier molecular flexibility index (Phi) is 4.47. The lowest BCUT2D eigenvalue weighted by atomic mass is 9.95. The molecule has 0 spiro atoms. The van der Waals surface area contributed by atoms with Crippen molar-refractivity contribution in [3.63, 3.8) is 0 Å². The fourth-order valence-electron chi connectivity index (χ4n) is 2.56. The molecule has 1 fully saturated rings. The molecule has 1 aromatic rings. The molecule has 0 aliphatic heterocycles. The van der Waals surface area contributed by atoms with Crippen molar-refractivity contribution < 1.29 is 14.3 Å². The second-order valence-corrected chi connectivity index (χ2v) is 5.59. The van der Waals surface area contributed by atoms with E-state index in [0.29, 0.717) is 21.5 Å². The Labute approximate surface area is 121 Å². The molecule has 2 rings (SSSR count). The molecule has 19 heavy (non-hydrogen) atoms. The zero-order chi connectivity index (χ0) is 14.0. The molecule has 0 radical (unpaired) electrons. The van der Waals surface area contributed by atoms with Gasteiger partial charge in [-0.15, -0.1) is 0 Å². The molecular weight excluding hydrogens is 310 g/mol. The number of ether oxygens (including phenoxy) is 2. The maximum Gasteiger partial charge on any atom is 0.169 e. The van der Waals surface area contributed by atoms with E-state index in [-0.39, 0.29) is 17.7 Å². The van der Waals surface area contributed by atoms with E-state index in [1.54, 1.807) is 26.4 Å². The van der Waals surface area contributed by atoms with Gasteiger partial charge in [0.05, 0.1) is 19.8 Å². The smallest absolute Gasteiger partial charge is 0.169 e. The van der Waals surface area contributed by atoms with Crippen LogP contribution in [0, 0.1) is 5.92 Å². The Hall–Kier alpha value is -1.07. The zero-order valence-electron chi connectivity index (χ0n) is 11.1. The topological polar surface area (TPSA) is 61.5 Å². The van der Waals surface area contributed by atoms with Crippen LogP contribution >= 0.6 is 15.9 Å². The van der Waals surface area contributed by atoms with Gasteiger partial charge in [-0.1, -0.05) is 0 Å². The van der Waals surface area contributed by atoms with E-state index in [0.717, 1.165) is 19.3 Å². The lowest BCUT2D eigenvalue weighted by molar-refractivity contribution is 0.0918. The van der Waals surface area contributed by atoms with Crippen LogP contribution in [0.5, 0.6) is 11.5 Å². The van der Waals surface area contributed by atoms with Gasteiger partial charge in [-0.05, 0) is 47.3 Å². The number of hydrogen-bond donors (Lipinski definition) is 1. The van der Waals surface area contributed by atoms with E-state index in [1.807, 2.05) is 0 Å². The SMILES string of the molecule is COc1ccc(C(=O)C2CCC(N)C2)c(OC)c1Br. The Morgan fingerprint density at radius 1 is 1.32 bits per heavy atom. The molecule has 2 unspecified atom stereocenters. The van der Waals surface area contributed by atoms with Crippen molar-refractivity contribution in [2.24, 2.45) is 11.7 Å². The highest BCUT2D eigenvalue weighted by atomic mass is 79.9. The summed E-state index contributed by atoms with van der Waals surface area (Å²) in [6, 6.07) is 3.67. The number of ketones is 1. The maximum atomic E-state index is 12.5. The minimum absolute atomic E-state index is 0.00388. The average Bonchev–Trinajstić information content (AvgIpc) is 2.84. The summed E-state index contributed by atoms with van der Waals surface area (Å²) in [6.07, 6.45) is 2.52. The molecule has 0 aromatic heterocycles. The van der Waals surface area contributed by atoms with Crippen LogP contribution in [0.1, 0.15) is 29.6 Å². The molecule has 1 aromatic carbocycles. The number of hydrogen-bond acceptors (Lipinski definition) is 4. The second-order valence-electron chi connectivity index (χ2n) is 4.80. The molecule has 2 atom stereocenters. The third-order valence-electron chi connectivity index (χ3n) is 3.60. The van der Waals surface area contributed by atoms with Crippen molar-refractivity contribution in [3.05, 3.63) is 22.2 Å². The molecule has 2 N–H and O–H groups in total. The van der Waals surface area contributed by atoms with Crippen molar-refractivity contribution in [2.75, 3.05) is 14.2 Å². The van der Waals surface area contributed by atoms with Gasteiger partial charge in [-0.3, -0.25) is 4.79 Å². The van der Waals surface area contributed by atoms with Gasteiger partial charge in [0.25, 0.3) is 0 Å². The summed E-state index contributed by atoms with van der Waals surface area (Å²) in [6.45, 7) is 0. The zero-order valence-corrected chi connectivity index (χ0v) is 12.7. The van der Waals surface area contributed by atoms with Crippen LogP contribution in [0.2, 0.25) is 0 Å². The van der Waals surface area contributed by atoms with E-state index >= 15 is 0 Å². The second kappa shape index (κ2) is 5.92. The molecule has 0 heterocycles. The molecule has 1 saturated carbocycles. The first-order valence-electron chi connectivity index (χ1n) is 6.28. The van der Waals surface area contributed by atoms with E-state index in [2.05, 4.69) is 15.9 Å². The summed E-state index contributed by atoms with van der Waals surface area (Å²) in [7, 11) is 3.13. The summed E-state index contributed by atoms with van der Waals surface area (Å²) < 4.78 is 11.2. The summed E-state index contributed by atoms with van der Waals surface area (Å²) in [4.78, 5) is 12.5. The predicted molar refractivity (Wildman–Crippen MR) is 76.9 cm³/mol. The Bertz CT molecular complexity index is 490. The molecule has 0 amide bonds. The number of halogens is 1. The molecule has 0 saturated heterocycles. The van der Waals surface area contributed by atoms with E-state index in [1.165, 1.54) is 0 Å². The van der Waals surface area contributed by atoms with Gasteiger partial charge in [0.2, 0.25) is 0 Å². The fraction of sp³-hybridized carbons (Fsp3) is 0.500. The van der Waals surface area contributed by atoms with Gasteiger partial charge in [-0.2, -0.15) is 0 Å². The van der Waals surface area contributed by atoms with Crippen LogP contribution in [0.4, 0.5) is 0 Å². The molecule has 5 heteroatoms. The van der Waals surface area contributed by atoms with Crippen LogP contribution in [0.3, 0.4) is 0 Å². The maximum absolute atomic E-state index is 12.5. The number of Topliss-reactive ketones (excluding diaryl/α,β-unsaturated/α-hetero) is 1. The normalized spacial score (nSPS) is 22.3. The van der Waals surface area contributed by atoms with Gasteiger partial charge in [0, 0.05) is 12.0 Å². The van der Waals surface area contributed by atoms with Crippen molar-refractivity contribution in [1.29, 1.82) is 0 Å². The summed E-state index contributed by atoms with van der Waals surface area (Å²) in [5.74, 6) is 1.29. The summed E-state index contributed by atoms with van der Waals surface area (Å²) in [5.41, 5.74) is 6.47. The third kappa shape index (κ3) is 2.77. The molecule has 1 aliphatic carbocycles. The van der Waals surface area contributed by atoms with E-state index in [4.69, 9.17) is 15.2 Å². The van der Waals surface area contributed by atoms with Gasteiger partial charge in [0.1, 0.15) is 16.0 Å². The largest absolute Gasteiger partial charge is 0.495 e. The number of rotatable bonds is 4. The van der Waals surface area contributed by atoms with E-state index in [9.17, 15) is 4.79 Å². The van der Waals surface area contributed by atoms with E-state index < -0.39 is 0 Å². The van der Waals surface area contributed by atoms with Crippen molar-refractivity contribution in [3.8, 4) is 11.5 Å². The van der Waals surface area contributed by atoms with Crippen LogP contribution in [-0.4, -0.2) is 26.0 Å². The van der Waals surface area contributed by atoms with Gasteiger partial charge in [-0.25, -0.2) is 0 Å². The van der Waals surface area contributed by atoms with Crippen molar-refractivity contribution in [2.45, 2.75) is 25.3 Å². The standard InChI is InChI=1S/C14H18BrNO3/c1-18-11-6-5-10(14(19-2)12(11)15)13(17)8-3-4-9(16)7-8/h5-6,8-9H,3-4,7,16H2,1-2H3. The van der Waals surface area contributed by atoms with Gasteiger partial charge in [0.15, 0.2) is 5.78 Å². The molecular formula is C14H18BrNO3. The highest BCUT2D eigenvalue weighted by Crippen LogP contribution is 2.39. The molecule has 104 valence electrons.